The number of hydrogen-bond acceptors (Lipinski definition) is 4. The number of hydrogen-bond donors (Lipinski definition) is 1. The first-order valence-electron chi connectivity index (χ1n) is 6.59. The van der Waals surface area contributed by atoms with Gasteiger partial charge in [-0.3, -0.25) is 10.1 Å². The van der Waals surface area contributed by atoms with E-state index in [2.05, 4.69) is 15.4 Å². The molecule has 22 heavy (non-hydrogen) atoms. The highest BCUT2D eigenvalue weighted by atomic mass is 32.1. The Labute approximate surface area is 130 Å². The maximum Gasteiger partial charge on any atom is 0.260 e. The fraction of sp³-hybridized carbons (Fsp3) is 0.133. The summed E-state index contributed by atoms with van der Waals surface area (Å²) in [6.45, 7) is 3.64. The minimum absolute atomic E-state index is 0.309. The zero-order chi connectivity index (χ0) is 15.7. The van der Waals surface area contributed by atoms with Crippen LogP contribution in [0.15, 0.2) is 36.7 Å². The third-order valence-electron chi connectivity index (χ3n) is 3.18. The Balaban J connectivity index is 1.90. The third-order valence-corrected chi connectivity index (χ3v) is 4.01. The van der Waals surface area contributed by atoms with Gasteiger partial charge in [-0.05, 0) is 26.0 Å². The average Bonchev–Trinajstić information content (AvgIpc) is 3.06. The molecule has 0 aliphatic carbocycles. The molecule has 112 valence electrons. The molecule has 0 spiro atoms. The van der Waals surface area contributed by atoms with Gasteiger partial charge in [-0.15, -0.1) is 11.3 Å². The molecule has 1 N–H and O–H groups in total. The van der Waals surface area contributed by atoms with Crippen LogP contribution in [-0.2, 0) is 0 Å². The van der Waals surface area contributed by atoms with Gasteiger partial charge >= 0.3 is 0 Å². The number of carbonyl (C=O) groups is 1. The summed E-state index contributed by atoms with van der Waals surface area (Å²) in [6.07, 6.45) is 3.12. The van der Waals surface area contributed by atoms with Crippen LogP contribution in [0.5, 0.6) is 0 Å². The van der Waals surface area contributed by atoms with E-state index in [1.807, 2.05) is 6.92 Å². The first kappa shape index (κ1) is 14.4. The van der Waals surface area contributed by atoms with Crippen molar-refractivity contribution < 1.29 is 9.18 Å². The number of aromatic nitrogens is 3. The van der Waals surface area contributed by atoms with Crippen LogP contribution in [0.4, 0.5) is 9.52 Å². The number of benzene rings is 1. The second-order valence-corrected chi connectivity index (χ2v) is 5.97. The monoisotopic (exact) mass is 316 g/mol. The highest BCUT2D eigenvalue weighted by Gasteiger charge is 2.17. The van der Waals surface area contributed by atoms with Gasteiger partial charge in [0.05, 0.1) is 17.5 Å². The van der Waals surface area contributed by atoms with E-state index in [9.17, 15) is 9.18 Å². The van der Waals surface area contributed by atoms with Gasteiger partial charge in [0.1, 0.15) is 11.5 Å². The van der Waals surface area contributed by atoms with Crippen LogP contribution in [0.3, 0.4) is 0 Å². The fourth-order valence-electron chi connectivity index (χ4n) is 2.08. The first-order chi connectivity index (χ1) is 10.6. The zero-order valence-corrected chi connectivity index (χ0v) is 12.8. The summed E-state index contributed by atoms with van der Waals surface area (Å²) in [7, 11) is 0. The SMILES string of the molecule is Cc1cnc(NC(=O)c2cnn(-c3ccccc3F)c2C)s1. The highest BCUT2D eigenvalue weighted by Crippen LogP contribution is 2.20. The number of aryl methyl sites for hydroxylation is 1. The van der Waals surface area contributed by atoms with Crippen LogP contribution in [-0.4, -0.2) is 20.7 Å². The van der Waals surface area contributed by atoms with Crippen molar-refractivity contribution in [2.75, 3.05) is 5.32 Å². The minimum Gasteiger partial charge on any atom is -0.298 e. The number of nitrogens with zero attached hydrogens (tertiary/aromatic N) is 3. The molecule has 0 saturated heterocycles. The lowest BCUT2D eigenvalue weighted by Gasteiger charge is -2.06. The maximum atomic E-state index is 13.8. The van der Waals surface area contributed by atoms with Crippen LogP contribution in [0.1, 0.15) is 20.9 Å². The van der Waals surface area contributed by atoms with E-state index in [1.165, 1.54) is 28.3 Å². The van der Waals surface area contributed by atoms with Crippen molar-refractivity contribution in [2.24, 2.45) is 0 Å². The number of thiazole rings is 1. The van der Waals surface area contributed by atoms with Gasteiger partial charge in [-0.1, -0.05) is 12.1 Å². The number of nitrogens with one attached hydrogen (secondary N) is 1. The number of halogens is 1. The number of amides is 1. The van der Waals surface area contributed by atoms with Gasteiger partial charge < -0.3 is 0 Å². The van der Waals surface area contributed by atoms with E-state index in [0.29, 0.717) is 22.1 Å². The van der Waals surface area contributed by atoms with Crippen LogP contribution >= 0.6 is 11.3 Å². The molecule has 2 aromatic heterocycles. The van der Waals surface area contributed by atoms with Crippen molar-refractivity contribution >= 4 is 22.4 Å². The summed E-state index contributed by atoms with van der Waals surface area (Å²) in [4.78, 5) is 17.4. The molecule has 0 saturated carbocycles. The summed E-state index contributed by atoms with van der Waals surface area (Å²) in [5, 5.41) is 7.36. The summed E-state index contributed by atoms with van der Waals surface area (Å²) in [5.41, 5.74) is 1.26. The Bertz CT molecular complexity index is 840. The molecule has 0 radical (unpaired) electrons. The normalized spacial score (nSPS) is 10.7. The summed E-state index contributed by atoms with van der Waals surface area (Å²) in [6, 6.07) is 6.30. The molecular weight excluding hydrogens is 303 g/mol. The lowest BCUT2D eigenvalue weighted by Crippen LogP contribution is -2.13. The van der Waals surface area contributed by atoms with Crippen molar-refractivity contribution in [3.8, 4) is 5.69 Å². The Hall–Kier alpha value is -2.54. The second-order valence-electron chi connectivity index (χ2n) is 4.74. The summed E-state index contributed by atoms with van der Waals surface area (Å²) in [5.74, 6) is -0.703. The topological polar surface area (TPSA) is 59.8 Å². The van der Waals surface area contributed by atoms with Crippen molar-refractivity contribution in [2.45, 2.75) is 13.8 Å². The molecule has 0 atom stereocenters. The van der Waals surface area contributed by atoms with E-state index in [0.717, 1.165) is 4.88 Å². The molecular formula is C15H13FN4OS. The predicted octanol–water partition coefficient (Wildman–Crippen LogP) is 3.34. The summed E-state index contributed by atoms with van der Waals surface area (Å²) >= 11 is 1.39. The third kappa shape index (κ3) is 2.62. The van der Waals surface area contributed by atoms with Crippen LogP contribution in [0, 0.1) is 19.7 Å². The molecule has 1 aromatic carbocycles. The van der Waals surface area contributed by atoms with Gasteiger partial charge in [0.25, 0.3) is 5.91 Å². The Morgan fingerprint density at radius 1 is 1.27 bits per heavy atom. The van der Waals surface area contributed by atoms with E-state index in [1.54, 1.807) is 31.3 Å². The summed E-state index contributed by atoms with van der Waals surface area (Å²) < 4.78 is 15.3. The van der Waals surface area contributed by atoms with Crippen molar-refractivity contribution in [3.05, 3.63) is 58.6 Å². The predicted molar refractivity (Wildman–Crippen MR) is 83.1 cm³/mol. The van der Waals surface area contributed by atoms with Gasteiger partial charge in [-0.2, -0.15) is 5.10 Å². The maximum absolute atomic E-state index is 13.8. The van der Waals surface area contributed by atoms with E-state index >= 15 is 0 Å². The Kier molecular flexibility index (Phi) is 3.72. The fourth-order valence-corrected chi connectivity index (χ4v) is 2.74. The molecule has 5 nitrogen and oxygen atoms in total. The molecule has 2 heterocycles. The molecule has 7 heteroatoms. The van der Waals surface area contributed by atoms with E-state index < -0.39 is 5.82 Å². The number of para-hydroxylation sites is 1. The van der Waals surface area contributed by atoms with Gasteiger partial charge in [-0.25, -0.2) is 14.1 Å². The highest BCUT2D eigenvalue weighted by molar-refractivity contribution is 7.15. The molecule has 1 amide bonds. The Morgan fingerprint density at radius 2 is 2.05 bits per heavy atom. The van der Waals surface area contributed by atoms with Crippen LogP contribution < -0.4 is 5.32 Å². The lowest BCUT2D eigenvalue weighted by molar-refractivity contribution is 0.102. The van der Waals surface area contributed by atoms with Gasteiger partial charge in [0.2, 0.25) is 0 Å². The quantitative estimate of drug-likeness (QED) is 0.806. The van der Waals surface area contributed by atoms with Crippen LogP contribution in [0.2, 0.25) is 0 Å². The standard InChI is InChI=1S/C15H13FN4OS/c1-9-7-17-15(22-9)19-14(21)11-8-18-20(10(11)2)13-6-4-3-5-12(13)16/h3-8H,1-2H3,(H,17,19,21). The van der Waals surface area contributed by atoms with Crippen molar-refractivity contribution in [1.29, 1.82) is 0 Å². The Morgan fingerprint density at radius 3 is 2.73 bits per heavy atom. The van der Waals surface area contributed by atoms with Crippen LogP contribution in [0.25, 0.3) is 5.69 Å². The molecule has 3 rings (SSSR count). The van der Waals surface area contributed by atoms with Crippen molar-refractivity contribution in [3.63, 3.8) is 0 Å². The second kappa shape index (κ2) is 5.69. The molecule has 3 aromatic rings. The molecule has 0 bridgehead atoms. The van der Waals surface area contributed by atoms with Crippen molar-refractivity contribution in [1.82, 2.24) is 14.8 Å². The number of rotatable bonds is 3. The molecule has 0 aliphatic heterocycles. The average molecular weight is 316 g/mol. The molecule has 0 unspecified atom stereocenters. The number of anilines is 1. The largest absolute Gasteiger partial charge is 0.298 e. The van der Waals surface area contributed by atoms with Gasteiger partial charge in [0, 0.05) is 11.1 Å². The van der Waals surface area contributed by atoms with E-state index in [-0.39, 0.29) is 5.91 Å². The molecule has 0 aliphatic rings. The lowest BCUT2D eigenvalue weighted by atomic mass is 10.2. The molecule has 0 fully saturated rings. The van der Waals surface area contributed by atoms with Gasteiger partial charge in [0.15, 0.2) is 5.13 Å². The number of carbonyl (C=O) groups excluding carboxylic acids is 1. The minimum atomic E-state index is -0.392. The van der Waals surface area contributed by atoms with E-state index in [4.69, 9.17) is 0 Å². The zero-order valence-electron chi connectivity index (χ0n) is 12.0. The first-order valence-corrected chi connectivity index (χ1v) is 7.41. The smallest absolute Gasteiger partial charge is 0.260 e.